The highest BCUT2D eigenvalue weighted by Gasteiger charge is 2.49. The fourth-order valence-corrected chi connectivity index (χ4v) is 4.04. The van der Waals surface area contributed by atoms with Crippen molar-refractivity contribution in [3.05, 3.63) is 35.4 Å². The summed E-state index contributed by atoms with van der Waals surface area (Å²) in [6.07, 6.45) is 4.70. The summed E-state index contributed by atoms with van der Waals surface area (Å²) in [6, 6.07) is 7.35. The first-order chi connectivity index (χ1) is 8.75. The van der Waals surface area contributed by atoms with Gasteiger partial charge in [0.25, 0.3) is 11.8 Å². The standard InChI is InChI=1S/C15H15NO2/c17-14-11-3-1-2-4-12(11)15(18)16(14)13-8-9-5-6-10(13)7-9/h1-4,9-10,13H,5-8H2/t9-,10-,13-/m1/s1. The van der Waals surface area contributed by atoms with E-state index in [0.717, 1.165) is 12.3 Å². The second-order valence-corrected chi connectivity index (χ2v) is 5.77. The number of carbonyl (C=O) groups is 2. The van der Waals surface area contributed by atoms with Crippen LogP contribution in [0.2, 0.25) is 0 Å². The molecule has 3 atom stereocenters. The van der Waals surface area contributed by atoms with Gasteiger partial charge in [-0.25, -0.2) is 0 Å². The van der Waals surface area contributed by atoms with Crippen LogP contribution in [-0.4, -0.2) is 22.8 Å². The second kappa shape index (κ2) is 3.44. The molecule has 92 valence electrons. The molecule has 2 fully saturated rings. The predicted molar refractivity (Wildman–Crippen MR) is 66.2 cm³/mol. The molecule has 2 aliphatic carbocycles. The Bertz CT molecular complexity index is 516. The van der Waals surface area contributed by atoms with Crippen molar-refractivity contribution in [3.8, 4) is 0 Å². The highest BCUT2D eigenvalue weighted by Crippen LogP contribution is 2.48. The fraction of sp³-hybridized carbons (Fsp3) is 0.467. The fourth-order valence-electron chi connectivity index (χ4n) is 4.04. The van der Waals surface area contributed by atoms with Gasteiger partial charge in [-0.1, -0.05) is 18.6 Å². The maximum atomic E-state index is 12.4. The van der Waals surface area contributed by atoms with Gasteiger partial charge in [0, 0.05) is 6.04 Å². The van der Waals surface area contributed by atoms with Crippen molar-refractivity contribution in [2.75, 3.05) is 0 Å². The molecule has 0 spiro atoms. The zero-order valence-electron chi connectivity index (χ0n) is 10.1. The lowest BCUT2D eigenvalue weighted by atomic mass is 9.94. The van der Waals surface area contributed by atoms with Crippen LogP contribution in [0.4, 0.5) is 0 Å². The third-order valence-corrected chi connectivity index (χ3v) is 4.86. The smallest absolute Gasteiger partial charge is 0.261 e. The quantitative estimate of drug-likeness (QED) is 0.708. The highest BCUT2D eigenvalue weighted by molar-refractivity contribution is 6.21. The first kappa shape index (κ1) is 10.3. The molecule has 1 aromatic carbocycles. The Balaban J connectivity index is 1.72. The van der Waals surface area contributed by atoms with E-state index in [2.05, 4.69) is 0 Å². The Morgan fingerprint density at radius 1 is 0.944 bits per heavy atom. The number of hydrogen-bond donors (Lipinski definition) is 0. The van der Waals surface area contributed by atoms with Crippen molar-refractivity contribution in [2.24, 2.45) is 11.8 Å². The molecule has 0 N–H and O–H groups in total. The Kier molecular flexibility index (Phi) is 1.97. The van der Waals surface area contributed by atoms with Gasteiger partial charge in [-0.2, -0.15) is 0 Å². The second-order valence-electron chi connectivity index (χ2n) is 5.77. The number of imide groups is 1. The van der Waals surface area contributed by atoms with Crippen LogP contribution in [0.25, 0.3) is 0 Å². The van der Waals surface area contributed by atoms with Crippen LogP contribution >= 0.6 is 0 Å². The van der Waals surface area contributed by atoms with Crippen LogP contribution in [0.15, 0.2) is 24.3 Å². The molecular formula is C15H15NO2. The molecule has 3 aliphatic rings. The van der Waals surface area contributed by atoms with Crippen molar-refractivity contribution >= 4 is 11.8 Å². The van der Waals surface area contributed by atoms with Gasteiger partial charge in [0.2, 0.25) is 0 Å². The van der Waals surface area contributed by atoms with E-state index in [4.69, 9.17) is 0 Å². The summed E-state index contributed by atoms with van der Waals surface area (Å²) in [6.45, 7) is 0. The van der Waals surface area contributed by atoms with Gasteiger partial charge in [0.05, 0.1) is 11.1 Å². The van der Waals surface area contributed by atoms with Gasteiger partial charge < -0.3 is 0 Å². The normalized spacial score (nSPS) is 33.3. The maximum absolute atomic E-state index is 12.4. The van der Waals surface area contributed by atoms with Crippen LogP contribution in [0.5, 0.6) is 0 Å². The molecule has 0 aromatic heterocycles. The van der Waals surface area contributed by atoms with Crippen LogP contribution in [0.3, 0.4) is 0 Å². The van der Waals surface area contributed by atoms with Crippen molar-refractivity contribution < 1.29 is 9.59 Å². The number of hydrogen-bond acceptors (Lipinski definition) is 2. The molecule has 2 amide bonds. The molecule has 3 nitrogen and oxygen atoms in total. The maximum Gasteiger partial charge on any atom is 0.261 e. The molecule has 18 heavy (non-hydrogen) atoms. The van der Waals surface area contributed by atoms with Crippen molar-refractivity contribution in [1.82, 2.24) is 4.90 Å². The number of amides is 2. The molecule has 0 saturated heterocycles. The van der Waals surface area contributed by atoms with E-state index >= 15 is 0 Å². The van der Waals surface area contributed by atoms with Crippen LogP contribution in [0.1, 0.15) is 46.4 Å². The third kappa shape index (κ3) is 1.19. The van der Waals surface area contributed by atoms with Crippen molar-refractivity contribution in [1.29, 1.82) is 0 Å². The van der Waals surface area contributed by atoms with Gasteiger partial charge in [-0.15, -0.1) is 0 Å². The van der Waals surface area contributed by atoms with Crippen molar-refractivity contribution in [2.45, 2.75) is 31.7 Å². The van der Waals surface area contributed by atoms with Gasteiger partial charge in [-0.05, 0) is 43.2 Å². The minimum absolute atomic E-state index is 0.0758. The van der Waals surface area contributed by atoms with Gasteiger partial charge in [0.15, 0.2) is 0 Å². The van der Waals surface area contributed by atoms with E-state index in [-0.39, 0.29) is 17.9 Å². The zero-order chi connectivity index (χ0) is 12.3. The molecule has 1 heterocycles. The average Bonchev–Trinajstić information content (AvgIpc) is 3.06. The van der Waals surface area contributed by atoms with Crippen LogP contribution in [-0.2, 0) is 0 Å². The lowest BCUT2D eigenvalue weighted by Crippen LogP contribution is -2.42. The molecule has 0 unspecified atom stereocenters. The first-order valence-corrected chi connectivity index (χ1v) is 6.72. The SMILES string of the molecule is O=C1c2ccccc2C(=O)N1[C@@H]1C[C@@H]2CC[C@@H]1C2. The highest BCUT2D eigenvalue weighted by atomic mass is 16.2. The Morgan fingerprint density at radius 2 is 1.61 bits per heavy atom. The Morgan fingerprint density at radius 3 is 2.11 bits per heavy atom. The zero-order valence-corrected chi connectivity index (χ0v) is 10.1. The predicted octanol–water partition coefficient (Wildman–Crippen LogP) is 2.47. The van der Waals surface area contributed by atoms with E-state index in [1.165, 1.54) is 19.3 Å². The van der Waals surface area contributed by atoms with E-state index in [9.17, 15) is 9.59 Å². The molecule has 1 aromatic rings. The number of rotatable bonds is 1. The summed E-state index contributed by atoms with van der Waals surface area (Å²) in [4.78, 5) is 26.3. The lowest BCUT2D eigenvalue weighted by Gasteiger charge is -2.29. The van der Waals surface area contributed by atoms with Gasteiger partial charge in [-0.3, -0.25) is 14.5 Å². The van der Waals surface area contributed by atoms with Crippen molar-refractivity contribution in [3.63, 3.8) is 0 Å². The number of fused-ring (bicyclic) bond motifs is 3. The summed E-state index contributed by atoms with van der Waals surface area (Å²) >= 11 is 0. The summed E-state index contributed by atoms with van der Waals surface area (Å²) in [5, 5.41) is 0. The largest absolute Gasteiger partial charge is 0.271 e. The minimum atomic E-state index is -0.0758. The van der Waals surface area contributed by atoms with E-state index in [1.807, 2.05) is 12.1 Å². The van der Waals surface area contributed by atoms with E-state index < -0.39 is 0 Å². The topological polar surface area (TPSA) is 37.4 Å². The summed E-state index contributed by atoms with van der Waals surface area (Å²) in [7, 11) is 0. The summed E-state index contributed by atoms with van der Waals surface area (Å²) < 4.78 is 0. The van der Waals surface area contributed by atoms with E-state index in [0.29, 0.717) is 17.0 Å². The number of nitrogens with zero attached hydrogens (tertiary/aromatic N) is 1. The van der Waals surface area contributed by atoms with Crippen LogP contribution in [0, 0.1) is 11.8 Å². The van der Waals surface area contributed by atoms with E-state index in [1.54, 1.807) is 17.0 Å². The third-order valence-electron chi connectivity index (χ3n) is 4.86. The molecule has 1 aliphatic heterocycles. The van der Waals surface area contributed by atoms with Crippen LogP contribution < -0.4 is 0 Å². The Labute approximate surface area is 106 Å². The lowest BCUT2D eigenvalue weighted by molar-refractivity contribution is 0.0530. The minimum Gasteiger partial charge on any atom is -0.271 e. The molecule has 0 radical (unpaired) electrons. The number of carbonyl (C=O) groups excluding carboxylic acids is 2. The Hall–Kier alpha value is -1.64. The molecule has 2 bridgehead atoms. The monoisotopic (exact) mass is 241 g/mol. The summed E-state index contributed by atoms with van der Waals surface area (Å²) in [5.41, 5.74) is 1.18. The molecule has 3 heteroatoms. The molecule has 2 saturated carbocycles. The first-order valence-electron chi connectivity index (χ1n) is 6.72. The average molecular weight is 241 g/mol. The molecular weight excluding hydrogens is 226 g/mol. The van der Waals surface area contributed by atoms with Gasteiger partial charge >= 0.3 is 0 Å². The molecule has 4 rings (SSSR count). The number of benzene rings is 1. The summed E-state index contributed by atoms with van der Waals surface area (Å²) in [5.74, 6) is 1.14. The van der Waals surface area contributed by atoms with Gasteiger partial charge in [0.1, 0.15) is 0 Å².